The van der Waals surface area contributed by atoms with E-state index < -0.39 is 45.4 Å². The Morgan fingerprint density at radius 2 is 1.62 bits per heavy atom. The van der Waals surface area contributed by atoms with E-state index in [4.69, 9.17) is 27.9 Å². The van der Waals surface area contributed by atoms with Crippen molar-refractivity contribution >= 4 is 56.7 Å². The molecule has 0 aromatic rings. The number of carbonyl (C=O) groups is 3. The number of ketones is 2. The Morgan fingerprint density at radius 1 is 1.00 bits per heavy atom. The second kappa shape index (κ2) is 10.2. The van der Waals surface area contributed by atoms with E-state index in [1.54, 1.807) is 26.0 Å². The van der Waals surface area contributed by atoms with E-state index in [1.165, 1.54) is 6.92 Å². The van der Waals surface area contributed by atoms with Gasteiger partial charge in [-0.2, -0.15) is 0 Å². The highest BCUT2D eigenvalue weighted by molar-refractivity contribution is 9.09. The molecule has 188 valence electrons. The minimum absolute atomic E-state index is 0.0586. The van der Waals surface area contributed by atoms with Crippen molar-refractivity contribution in [2.45, 2.75) is 61.9 Å². The lowest BCUT2D eigenvalue weighted by Gasteiger charge is -2.53. The highest BCUT2D eigenvalue weighted by Gasteiger charge is 2.58. The number of halogens is 3. The van der Waals surface area contributed by atoms with E-state index in [2.05, 4.69) is 22.0 Å². The molecular formula is C26H33BrCl2O5. The van der Waals surface area contributed by atoms with Crippen LogP contribution in [0.5, 0.6) is 0 Å². The largest absolute Gasteiger partial charge is 0.458 e. The lowest BCUT2D eigenvalue weighted by Crippen LogP contribution is -2.58. The zero-order chi connectivity index (χ0) is 25.6. The molecule has 1 aliphatic heterocycles. The molecule has 1 fully saturated rings. The summed E-state index contributed by atoms with van der Waals surface area (Å²) in [4.78, 5) is 39.6. The van der Waals surface area contributed by atoms with Crippen molar-refractivity contribution in [1.29, 1.82) is 0 Å². The number of rotatable bonds is 0. The van der Waals surface area contributed by atoms with Gasteiger partial charge < -0.3 is 9.84 Å². The van der Waals surface area contributed by atoms with Crippen LogP contribution in [-0.2, 0) is 19.1 Å². The molecule has 10 atom stereocenters. The Hall–Kier alpha value is -0.950. The molecule has 0 unspecified atom stereocenters. The fraction of sp³-hybridized carbons (Fsp3) is 0.654. The average Bonchev–Trinajstić information content (AvgIpc) is 2.77. The second-order valence-corrected chi connectivity index (χ2v) is 12.7. The maximum absolute atomic E-state index is 14.0. The first-order chi connectivity index (χ1) is 15.7. The maximum atomic E-state index is 14.0. The molecule has 0 saturated heterocycles. The molecule has 0 spiro atoms. The Balaban J connectivity index is 2.13. The van der Waals surface area contributed by atoms with Crippen molar-refractivity contribution in [2.24, 2.45) is 41.4 Å². The molecule has 3 rings (SSSR count). The average molecular weight is 576 g/mol. The number of ether oxygens (including phenoxy) is 1. The van der Waals surface area contributed by atoms with Gasteiger partial charge in [-0.1, -0.05) is 83.4 Å². The first kappa shape index (κ1) is 27.6. The summed E-state index contributed by atoms with van der Waals surface area (Å²) >= 11 is 16.7. The first-order valence-corrected chi connectivity index (χ1v) is 13.4. The Morgan fingerprint density at radius 3 is 2.26 bits per heavy atom. The number of hydrogen-bond donors (Lipinski definition) is 1. The van der Waals surface area contributed by atoms with E-state index in [0.29, 0.717) is 6.42 Å². The molecule has 34 heavy (non-hydrogen) atoms. The van der Waals surface area contributed by atoms with E-state index in [0.717, 1.165) is 0 Å². The predicted molar refractivity (Wildman–Crippen MR) is 137 cm³/mol. The number of allylic oxidation sites excluding steroid dienone is 5. The predicted octanol–water partition coefficient (Wildman–Crippen LogP) is 5.22. The summed E-state index contributed by atoms with van der Waals surface area (Å²) in [5.41, 5.74) is -0.956. The van der Waals surface area contributed by atoms with Crippen LogP contribution in [0.3, 0.4) is 0 Å². The van der Waals surface area contributed by atoms with Crippen molar-refractivity contribution in [3.05, 3.63) is 36.5 Å². The molecule has 0 bridgehead atoms. The molecule has 2 aliphatic carbocycles. The Kier molecular flexibility index (Phi) is 8.29. The summed E-state index contributed by atoms with van der Waals surface area (Å²) in [6.45, 7) is 8.84. The van der Waals surface area contributed by atoms with Crippen LogP contribution >= 0.6 is 39.1 Å². The van der Waals surface area contributed by atoms with Crippen LogP contribution in [0.4, 0.5) is 0 Å². The summed E-state index contributed by atoms with van der Waals surface area (Å²) in [6.07, 6.45) is 11.3. The molecule has 3 aliphatic rings. The van der Waals surface area contributed by atoms with E-state index in [9.17, 15) is 19.5 Å². The fourth-order valence-corrected chi connectivity index (χ4v) is 6.91. The minimum Gasteiger partial charge on any atom is -0.458 e. The molecule has 0 radical (unpaired) electrons. The molecule has 1 saturated carbocycles. The van der Waals surface area contributed by atoms with Gasteiger partial charge in [0.05, 0.1) is 5.60 Å². The Labute approximate surface area is 220 Å². The number of alkyl halides is 3. The monoisotopic (exact) mass is 574 g/mol. The molecule has 1 heterocycles. The van der Waals surface area contributed by atoms with Crippen molar-refractivity contribution < 1.29 is 24.2 Å². The molecule has 0 amide bonds. The lowest BCUT2D eigenvalue weighted by molar-refractivity contribution is -0.154. The van der Waals surface area contributed by atoms with Crippen molar-refractivity contribution in [1.82, 2.24) is 0 Å². The number of fused-ring (bicyclic) bond motifs is 3. The Bertz CT molecular complexity index is 924. The second-order valence-electron chi connectivity index (χ2n) is 10.3. The van der Waals surface area contributed by atoms with Gasteiger partial charge in [-0.3, -0.25) is 14.4 Å². The minimum atomic E-state index is -2.40. The van der Waals surface area contributed by atoms with Crippen LogP contribution < -0.4 is 0 Å². The van der Waals surface area contributed by atoms with Gasteiger partial charge in [0.15, 0.2) is 11.6 Å². The van der Waals surface area contributed by atoms with E-state index in [-0.39, 0.29) is 34.4 Å². The fourth-order valence-electron chi connectivity index (χ4n) is 5.79. The molecular weight excluding hydrogens is 543 g/mol. The van der Waals surface area contributed by atoms with E-state index >= 15 is 0 Å². The van der Waals surface area contributed by atoms with Gasteiger partial charge in [-0.25, -0.2) is 0 Å². The zero-order valence-electron chi connectivity index (χ0n) is 20.1. The maximum Gasteiger partial charge on any atom is 0.316 e. The van der Waals surface area contributed by atoms with Gasteiger partial charge >= 0.3 is 5.97 Å². The standard InChI is InChI=1S/C26H33BrCl2O5/c1-13-8-6-7-9-14(2)34-24(32)16(4)22(30)26(28,29)23(31)20-18(13)11-10-17-12-25(5,33)21(27)15(3)19(17)20/h6-11,13-21,33H,12H2,1-5H3/b8-6-,9-7+/t13-,14+,15+,16+,17-,18+,19-,20-,21-,25-/m1/s1. The normalized spacial score (nSPS) is 47.1. The number of esters is 1. The SMILES string of the molecule is C[C@@H]1C(=O)O[C@@H](C)/C=C/C=C\[C@@H](C)[C@@H]2C=C[C@@H]3C[C@@](C)(O)[C@H](Br)[C@@H](C)[C@H]3[C@@H]2C(=O)C(Cl)(Cl)C1=O. The summed E-state index contributed by atoms with van der Waals surface area (Å²) in [7, 11) is 0. The van der Waals surface area contributed by atoms with Gasteiger partial charge in [-0.15, -0.1) is 0 Å². The van der Waals surface area contributed by atoms with Crippen LogP contribution in [-0.4, -0.2) is 43.5 Å². The molecule has 8 heteroatoms. The molecule has 0 aromatic carbocycles. The van der Waals surface area contributed by atoms with Crippen LogP contribution in [0.1, 0.15) is 41.0 Å². The van der Waals surface area contributed by atoms with Crippen LogP contribution in [0.2, 0.25) is 0 Å². The molecule has 0 aromatic heterocycles. The highest BCUT2D eigenvalue weighted by atomic mass is 79.9. The van der Waals surface area contributed by atoms with E-state index in [1.807, 2.05) is 32.1 Å². The van der Waals surface area contributed by atoms with Gasteiger partial charge in [0, 0.05) is 10.7 Å². The van der Waals surface area contributed by atoms with Gasteiger partial charge in [0.1, 0.15) is 12.0 Å². The number of cyclic esters (lactones) is 1. The van der Waals surface area contributed by atoms with Crippen molar-refractivity contribution in [3.63, 3.8) is 0 Å². The number of aliphatic hydroxyl groups is 1. The third-order valence-corrected chi connectivity index (χ3v) is 10.3. The quantitative estimate of drug-likeness (QED) is 0.185. The zero-order valence-corrected chi connectivity index (χ0v) is 23.2. The first-order valence-electron chi connectivity index (χ1n) is 11.8. The van der Waals surface area contributed by atoms with Crippen LogP contribution in [0.25, 0.3) is 0 Å². The van der Waals surface area contributed by atoms with Gasteiger partial charge in [0.25, 0.3) is 0 Å². The van der Waals surface area contributed by atoms with Crippen molar-refractivity contribution in [2.75, 3.05) is 0 Å². The third-order valence-electron chi connectivity index (χ3n) is 7.70. The molecule has 1 N–H and O–H groups in total. The number of carbonyl (C=O) groups excluding carboxylic acids is 3. The molecule has 5 nitrogen and oxygen atoms in total. The topological polar surface area (TPSA) is 80.7 Å². The summed E-state index contributed by atoms with van der Waals surface area (Å²) in [5, 5.41) is 11.0. The number of hydrogen-bond acceptors (Lipinski definition) is 5. The van der Waals surface area contributed by atoms with Gasteiger partial charge in [0.2, 0.25) is 4.33 Å². The van der Waals surface area contributed by atoms with Crippen LogP contribution in [0.15, 0.2) is 36.5 Å². The van der Waals surface area contributed by atoms with Crippen molar-refractivity contribution in [3.8, 4) is 0 Å². The summed E-state index contributed by atoms with van der Waals surface area (Å²) in [6, 6.07) is 0. The summed E-state index contributed by atoms with van der Waals surface area (Å²) < 4.78 is 2.93. The highest BCUT2D eigenvalue weighted by Crippen LogP contribution is 2.54. The number of Topliss-reactive ketones (excluding diaryl/α,β-unsaturated/α-hetero) is 2. The third kappa shape index (κ3) is 5.11. The summed E-state index contributed by atoms with van der Waals surface area (Å²) in [5.74, 6) is -4.92. The van der Waals surface area contributed by atoms with Crippen LogP contribution in [0, 0.1) is 41.4 Å². The smallest absolute Gasteiger partial charge is 0.316 e. The van der Waals surface area contributed by atoms with Gasteiger partial charge in [-0.05, 0) is 62.9 Å². The lowest BCUT2D eigenvalue weighted by atomic mass is 9.55.